The van der Waals surface area contributed by atoms with E-state index in [1.165, 1.54) is 16.1 Å². The van der Waals surface area contributed by atoms with Crippen molar-refractivity contribution in [3.05, 3.63) is 72.2 Å². The van der Waals surface area contributed by atoms with Crippen molar-refractivity contribution in [1.82, 2.24) is 0 Å². The SMILES string of the molecule is COc1cc([C@H]2CCN(C/C=C/c3ccco3)c3ccccc3S2)cc(OC)c1OC. The number of para-hydroxylation sites is 1. The van der Waals surface area contributed by atoms with Crippen molar-refractivity contribution in [2.45, 2.75) is 16.6 Å². The average molecular weight is 438 g/mol. The molecule has 0 fully saturated rings. The van der Waals surface area contributed by atoms with Gasteiger partial charge in [-0.25, -0.2) is 0 Å². The zero-order chi connectivity index (χ0) is 21.6. The van der Waals surface area contributed by atoms with E-state index in [9.17, 15) is 0 Å². The number of rotatable bonds is 7. The predicted octanol–water partition coefficient (Wildman–Crippen LogP) is 6.06. The van der Waals surface area contributed by atoms with Gasteiger partial charge in [-0.05, 0) is 54.5 Å². The van der Waals surface area contributed by atoms with Crippen LogP contribution in [-0.4, -0.2) is 34.4 Å². The van der Waals surface area contributed by atoms with Gasteiger partial charge in [0.1, 0.15) is 5.76 Å². The summed E-state index contributed by atoms with van der Waals surface area (Å²) in [5.41, 5.74) is 2.42. The number of methoxy groups -OCH3 is 3. The second kappa shape index (κ2) is 9.88. The molecule has 0 spiro atoms. The molecule has 0 radical (unpaired) electrons. The van der Waals surface area contributed by atoms with Gasteiger partial charge in [0.25, 0.3) is 0 Å². The van der Waals surface area contributed by atoms with Crippen molar-refractivity contribution in [3.8, 4) is 17.2 Å². The fourth-order valence-electron chi connectivity index (χ4n) is 3.82. The number of thioether (sulfide) groups is 1. The molecule has 0 saturated carbocycles. The van der Waals surface area contributed by atoms with Crippen LogP contribution in [0.25, 0.3) is 6.08 Å². The Bertz CT molecular complexity index is 1010. The number of hydrogen-bond acceptors (Lipinski definition) is 6. The summed E-state index contributed by atoms with van der Waals surface area (Å²) >= 11 is 1.88. The minimum absolute atomic E-state index is 0.272. The second-order valence-electron chi connectivity index (χ2n) is 7.19. The highest BCUT2D eigenvalue weighted by Crippen LogP contribution is 2.48. The van der Waals surface area contributed by atoms with Crippen molar-refractivity contribution in [2.75, 3.05) is 39.3 Å². The lowest BCUT2D eigenvalue weighted by Gasteiger charge is -2.23. The zero-order valence-corrected chi connectivity index (χ0v) is 18.9. The molecule has 0 N–H and O–H groups in total. The van der Waals surface area contributed by atoms with Gasteiger partial charge in [-0.3, -0.25) is 0 Å². The summed E-state index contributed by atoms with van der Waals surface area (Å²) in [6.45, 7) is 1.76. The van der Waals surface area contributed by atoms with Gasteiger partial charge in [-0.15, -0.1) is 11.8 Å². The number of benzene rings is 2. The molecule has 0 amide bonds. The predicted molar refractivity (Wildman–Crippen MR) is 126 cm³/mol. The third kappa shape index (κ3) is 4.69. The standard InChI is InChI=1S/C25H27NO4S/c1-27-21-16-18(17-22(28-2)25(21)29-3)23-12-14-26(13-6-8-19-9-7-15-30-19)20-10-4-5-11-24(20)31-23/h4-11,15-17,23H,12-14H2,1-3H3/b8-6+/t23-/m1/s1. The quantitative estimate of drug-likeness (QED) is 0.447. The molecule has 162 valence electrons. The maximum Gasteiger partial charge on any atom is 0.203 e. The van der Waals surface area contributed by atoms with Gasteiger partial charge in [0.15, 0.2) is 11.5 Å². The van der Waals surface area contributed by atoms with E-state index in [4.69, 9.17) is 18.6 Å². The number of ether oxygens (including phenoxy) is 3. The van der Waals surface area contributed by atoms with E-state index < -0.39 is 0 Å². The summed E-state index contributed by atoms with van der Waals surface area (Å²) in [6, 6.07) is 16.6. The van der Waals surface area contributed by atoms with Gasteiger partial charge < -0.3 is 23.5 Å². The summed E-state index contributed by atoms with van der Waals surface area (Å²) in [5, 5.41) is 0.272. The molecule has 0 bridgehead atoms. The van der Waals surface area contributed by atoms with E-state index in [-0.39, 0.29) is 5.25 Å². The lowest BCUT2D eigenvalue weighted by atomic mass is 10.1. The van der Waals surface area contributed by atoms with Crippen molar-refractivity contribution >= 4 is 23.5 Å². The van der Waals surface area contributed by atoms with Gasteiger partial charge in [-0.2, -0.15) is 0 Å². The van der Waals surface area contributed by atoms with Crippen LogP contribution in [-0.2, 0) is 0 Å². The normalized spacial score (nSPS) is 16.1. The Labute approximate surface area is 187 Å². The fourth-order valence-corrected chi connectivity index (χ4v) is 5.09. The van der Waals surface area contributed by atoms with Crippen LogP contribution in [0.15, 0.2) is 70.2 Å². The number of nitrogens with zero attached hydrogens (tertiary/aromatic N) is 1. The Morgan fingerprint density at radius 2 is 1.81 bits per heavy atom. The van der Waals surface area contributed by atoms with E-state index in [1.807, 2.05) is 30.0 Å². The molecule has 2 aromatic carbocycles. The van der Waals surface area contributed by atoms with Gasteiger partial charge >= 0.3 is 0 Å². The smallest absolute Gasteiger partial charge is 0.203 e. The Kier molecular flexibility index (Phi) is 6.77. The number of hydrogen-bond donors (Lipinski definition) is 0. The molecule has 0 saturated heterocycles. The van der Waals surface area contributed by atoms with Crippen LogP contribution in [0.3, 0.4) is 0 Å². The van der Waals surface area contributed by atoms with Gasteiger partial charge in [0.05, 0.1) is 33.3 Å². The third-order valence-corrected chi connectivity index (χ3v) is 6.74. The molecule has 1 aliphatic heterocycles. The first kappa shape index (κ1) is 21.2. The summed E-state index contributed by atoms with van der Waals surface area (Å²) < 4.78 is 22.1. The monoisotopic (exact) mass is 437 g/mol. The van der Waals surface area contributed by atoms with Crippen LogP contribution < -0.4 is 19.1 Å². The Balaban J connectivity index is 1.61. The highest BCUT2D eigenvalue weighted by molar-refractivity contribution is 7.99. The van der Waals surface area contributed by atoms with Crippen LogP contribution in [0.1, 0.15) is 23.0 Å². The molecule has 4 rings (SSSR count). The minimum Gasteiger partial charge on any atom is -0.493 e. The molecule has 2 heterocycles. The van der Waals surface area contributed by atoms with Gasteiger partial charge in [0, 0.05) is 23.2 Å². The molecule has 1 atom stereocenters. The van der Waals surface area contributed by atoms with Crippen molar-refractivity contribution in [3.63, 3.8) is 0 Å². The first-order valence-corrected chi connectivity index (χ1v) is 11.1. The van der Waals surface area contributed by atoms with Gasteiger partial charge in [-0.1, -0.05) is 18.2 Å². The molecular formula is C25H27NO4S. The third-order valence-electron chi connectivity index (χ3n) is 5.35. The summed E-state index contributed by atoms with van der Waals surface area (Å²) in [5.74, 6) is 2.87. The Hall–Kier alpha value is -2.99. The highest BCUT2D eigenvalue weighted by Gasteiger charge is 2.25. The topological polar surface area (TPSA) is 44.1 Å². The van der Waals surface area contributed by atoms with E-state index in [0.29, 0.717) is 17.2 Å². The largest absolute Gasteiger partial charge is 0.493 e. The molecule has 0 aliphatic carbocycles. The van der Waals surface area contributed by atoms with Crippen molar-refractivity contribution in [1.29, 1.82) is 0 Å². The minimum atomic E-state index is 0.272. The number of furan rings is 1. The molecule has 31 heavy (non-hydrogen) atoms. The van der Waals surface area contributed by atoms with Gasteiger partial charge in [0.2, 0.25) is 5.75 Å². The first-order valence-electron chi connectivity index (χ1n) is 10.2. The van der Waals surface area contributed by atoms with Crippen LogP contribution in [0.5, 0.6) is 17.2 Å². The van der Waals surface area contributed by atoms with Crippen LogP contribution in [0, 0.1) is 0 Å². The lowest BCUT2D eigenvalue weighted by Crippen LogP contribution is -2.24. The van der Waals surface area contributed by atoms with E-state index >= 15 is 0 Å². The molecule has 1 aromatic heterocycles. The Morgan fingerprint density at radius 3 is 2.48 bits per heavy atom. The van der Waals surface area contributed by atoms with Crippen LogP contribution in [0.4, 0.5) is 5.69 Å². The summed E-state index contributed by atoms with van der Waals surface area (Å²) in [7, 11) is 4.94. The van der Waals surface area contributed by atoms with Crippen molar-refractivity contribution < 1.29 is 18.6 Å². The van der Waals surface area contributed by atoms with Crippen LogP contribution >= 0.6 is 11.8 Å². The first-order chi connectivity index (χ1) is 15.2. The maximum atomic E-state index is 5.58. The molecule has 1 aliphatic rings. The Morgan fingerprint density at radius 1 is 1.03 bits per heavy atom. The second-order valence-corrected chi connectivity index (χ2v) is 8.43. The summed E-state index contributed by atoms with van der Waals surface area (Å²) in [6.07, 6.45) is 6.86. The molecule has 6 heteroatoms. The average Bonchev–Trinajstić information content (AvgIpc) is 3.26. The number of anilines is 1. The molecule has 5 nitrogen and oxygen atoms in total. The molecule has 3 aromatic rings. The fraction of sp³-hybridized carbons (Fsp3) is 0.280. The number of fused-ring (bicyclic) bond motifs is 1. The van der Waals surface area contributed by atoms with E-state index in [1.54, 1.807) is 27.6 Å². The van der Waals surface area contributed by atoms with E-state index in [0.717, 1.165) is 25.3 Å². The molecular weight excluding hydrogens is 410 g/mol. The van der Waals surface area contributed by atoms with Crippen LogP contribution in [0.2, 0.25) is 0 Å². The van der Waals surface area contributed by atoms with E-state index in [2.05, 4.69) is 47.4 Å². The van der Waals surface area contributed by atoms with Crippen molar-refractivity contribution in [2.24, 2.45) is 0 Å². The highest BCUT2D eigenvalue weighted by atomic mass is 32.2. The lowest BCUT2D eigenvalue weighted by molar-refractivity contribution is 0.323. The zero-order valence-electron chi connectivity index (χ0n) is 18.0. The molecule has 0 unspecified atom stereocenters. The maximum absolute atomic E-state index is 5.58. The summed E-state index contributed by atoms with van der Waals surface area (Å²) in [4.78, 5) is 3.69.